The number of aryl methyl sites for hydroxylation is 2. The Kier molecular flexibility index (Phi) is 5.94. The number of alkyl halides is 3. The highest BCUT2D eigenvalue weighted by atomic mass is 19.4. The van der Waals surface area contributed by atoms with Crippen molar-refractivity contribution in [3.05, 3.63) is 76.9 Å². The molecule has 3 heterocycles. The predicted molar refractivity (Wildman–Crippen MR) is 122 cm³/mol. The third-order valence-corrected chi connectivity index (χ3v) is 5.14. The lowest BCUT2D eigenvalue weighted by Gasteiger charge is -2.09. The first-order valence-corrected chi connectivity index (χ1v) is 10.2. The van der Waals surface area contributed by atoms with Gasteiger partial charge in [0, 0.05) is 23.9 Å². The lowest BCUT2D eigenvalue weighted by Crippen LogP contribution is -2.15. The first-order valence-electron chi connectivity index (χ1n) is 10.2. The fourth-order valence-corrected chi connectivity index (χ4v) is 3.37. The molecule has 0 saturated carbocycles. The Hall–Kier alpha value is -4.39. The molecular formula is C24H19F3N6O. The van der Waals surface area contributed by atoms with Gasteiger partial charge in [-0.2, -0.15) is 13.2 Å². The molecule has 0 spiro atoms. The van der Waals surface area contributed by atoms with Gasteiger partial charge in [0.2, 0.25) is 0 Å². The van der Waals surface area contributed by atoms with E-state index < -0.39 is 17.8 Å². The van der Waals surface area contributed by atoms with Crippen molar-refractivity contribution < 1.29 is 18.0 Å². The zero-order valence-electron chi connectivity index (χ0n) is 18.2. The summed E-state index contributed by atoms with van der Waals surface area (Å²) in [6.07, 6.45) is -1.37. The smallest absolute Gasteiger partial charge is 0.383 e. The number of anilines is 2. The lowest BCUT2D eigenvalue weighted by molar-refractivity contribution is -0.141. The number of amides is 1. The van der Waals surface area contributed by atoms with Crippen LogP contribution in [0.4, 0.5) is 24.8 Å². The second-order valence-electron chi connectivity index (χ2n) is 7.43. The largest absolute Gasteiger partial charge is 0.433 e. The third-order valence-electron chi connectivity index (χ3n) is 5.14. The molecule has 1 amide bonds. The van der Waals surface area contributed by atoms with Gasteiger partial charge in [-0.05, 0) is 43.7 Å². The molecule has 3 N–H and O–H groups in total. The number of rotatable bonds is 3. The maximum Gasteiger partial charge on any atom is 0.433 e. The number of aromatic nitrogens is 4. The van der Waals surface area contributed by atoms with Crippen molar-refractivity contribution >= 4 is 28.6 Å². The molecule has 0 saturated heterocycles. The molecule has 0 aliphatic heterocycles. The van der Waals surface area contributed by atoms with Crippen molar-refractivity contribution in [3.63, 3.8) is 0 Å². The number of hydrogen-bond donors (Lipinski definition) is 2. The molecule has 10 heteroatoms. The highest BCUT2D eigenvalue weighted by Gasteiger charge is 2.32. The van der Waals surface area contributed by atoms with E-state index in [9.17, 15) is 18.0 Å². The topological polar surface area (TPSA) is 98.7 Å². The molecule has 0 atom stereocenters. The predicted octanol–water partition coefficient (Wildman–Crippen LogP) is 4.41. The van der Waals surface area contributed by atoms with Gasteiger partial charge in [0.25, 0.3) is 5.91 Å². The number of benzene rings is 1. The Morgan fingerprint density at radius 1 is 1.15 bits per heavy atom. The van der Waals surface area contributed by atoms with Crippen molar-refractivity contribution in [1.29, 1.82) is 0 Å². The Morgan fingerprint density at radius 3 is 2.65 bits per heavy atom. The average molecular weight is 464 g/mol. The van der Waals surface area contributed by atoms with E-state index in [0.717, 1.165) is 11.6 Å². The summed E-state index contributed by atoms with van der Waals surface area (Å²) in [6, 6.07) is 8.16. The van der Waals surface area contributed by atoms with E-state index in [1.165, 1.54) is 18.5 Å². The van der Waals surface area contributed by atoms with Gasteiger partial charge in [0.1, 0.15) is 29.3 Å². The molecule has 4 rings (SSSR count). The minimum atomic E-state index is -4.61. The molecule has 0 unspecified atom stereocenters. The van der Waals surface area contributed by atoms with Gasteiger partial charge in [0.15, 0.2) is 0 Å². The molecule has 172 valence electrons. The number of carbonyl (C=O) groups excluding carboxylic acids is 1. The fraction of sp³-hybridized carbons (Fsp3) is 0.167. The normalized spacial score (nSPS) is 11.2. The van der Waals surface area contributed by atoms with Crippen LogP contribution in [0.1, 0.15) is 39.7 Å². The molecule has 4 aromatic rings. The summed E-state index contributed by atoms with van der Waals surface area (Å²) < 4.78 is 40.6. The van der Waals surface area contributed by atoms with Crippen LogP contribution in [0.15, 0.2) is 48.9 Å². The highest BCUT2D eigenvalue weighted by Crippen LogP contribution is 2.28. The Bertz CT molecular complexity index is 1460. The van der Waals surface area contributed by atoms with Gasteiger partial charge in [-0.3, -0.25) is 4.79 Å². The van der Waals surface area contributed by atoms with E-state index in [-0.39, 0.29) is 11.4 Å². The van der Waals surface area contributed by atoms with E-state index in [2.05, 4.69) is 32.1 Å². The minimum Gasteiger partial charge on any atom is -0.383 e. The summed E-state index contributed by atoms with van der Waals surface area (Å²) in [4.78, 5) is 24.4. The number of fused-ring (bicyclic) bond motifs is 1. The van der Waals surface area contributed by atoms with Crippen LogP contribution in [0.2, 0.25) is 0 Å². The molecule has 1 aromatic carbocycles. The maximum absolute atomic E-state index is 12.9. The molecule has 0 fully saturated rings. The Morgan fingerprint density at radius 2 is 1.91 bits per heavy atom. The van der Waals surface area contributed by atoms with Crippen LogP contribution in [0.3, 0.4) is 0 Å². The van der Waals surface area contributed by atoms with Gasteiger partial charge in [-0.25, -0.2) is 15.0 Å². The number of nitrogens with zero attached hydrogens (tertiary/aromatic N) is 4. The molecule has 7 nitrogen and oxygen atoms in total. The Balaban J connectivity index is 1.64. The van der Waals surface area contributed by atoms with Crippen LogP contribution in [-0.2, 0) is 12.7 Å². The number of halogens is 3. The number of carbonyl (C=O) groups is 1. The summed E-state index contributed by atoms with van der Waals surface area (Å²) in [5, 5.41) is 3.05. The SMILES string of the molecule is CCn1cc(C#Cc2cc(C(=O)Nc3cccc(C(F)(F)F)n3)ccc2C)c2c(N)ncnc21. The zero-order chi connectivity index (χ0) is 24.5. The van der Waals surface area contributed by atoms with Gasteiger partial charge < -0.3 is 15.6 Å². The molecule has 0 radical (unpaired) electrons. The van der Waals surface area contributed by atoms with Crippen LogP contribution in [-0.4, -0.2) is 25.4 Å². The van der Waals surface area contributed by atoms with E-state index in [1.54, 1.807) is 18.2 Å². The number of hydrogen-bond acceptors (Lipinski definition) is 5. The van der Waals surface area contributed by atoms with E-state index in [1.807, 2.05) is 24.6 Å². The fourth-order valence-electron chi connectivity index (χ4n) is 3.37. The molecule has 0 bridgehead atoms. The van der Waals surface area contributed by atoms with Gasteiger partial charge in [-0.15, -0.1) is 0 Å². The summed E-state index contributed by atoms with van der Waals surface area (Å²) in [5.41, 5.74) is 7.91. The van der Waals surface area contributed by atoms with Gasteiger partial charge >= 0.3 is 6.18 Å². The lowest BCUT2D eigenvalue weighted by atomic mass is 10.0. The third kappa shape index (κ3) is 4.54. The van der Waals surface area contributed by atoms with Gasteiger partial charge in [-0.1, -0.05) is 24.0 Å². The zero-order valence-corrected chi connectivity index (χ0v) is 18.2. The van der Waals surface area contributed by atoms with E-state index in [0.29, 0.717) is 34.5 Å². The molecule has 0 aliphatic rings. The van der Waals surface area contributed by atoms with Crippen molar-refractivity contribution in [3.8, 4) is 11.8 Å². The maximum atomic E-state index is 12.9. The van der Waals surface area contributed by atoms with Crippen molar-refractivity contribution in [2.45, 2.75) is 26.6 Å². The number of pyridine rings is 1. The quantitative estimate of drug-likeness (QED) is 0.438. The molecule has 0 aliphatic carbocycles. The van der Waals surface area contributed by atoms with Crippen LogP contribution < -0.4 is 11.1 Å². The second kappa shape index (κ2) is 8.86. The molecule has 34 heavy (non-hydrogen) atoms. The average Bonchev–Trinajstić information content (AvgIpc) is 3.17. The van der Waals surface area contributed by atoms with Crippen LogP contribution in [0.25, 0.3) is 11.0 Å². The summed E-state index contributed by atoms with van der Waals surface area (Å²) in [6.45, 7) is 4.49. The van der Waals surface area contributed by atoms with Crippen LogP contribution >= 0.6 is 0 Å². The minimum absolute atomic E-state index is 0.198. The number of nitrogens with one attached hydrogen (secondary N) is 1. The van der Waals surface area contributed by atoms with Crippen molar-refractivity contribution in [1.82, 2.24) is 19.5 Å². The number of nitrogens with two attached hydrogens (primary N) is 1. The summed E-state index contributed by atoms with van der Waals surface area (Å²) >= 11 is 0. The van der Waals surface area contributed by atoms with Crippen LogP contribution in [0, 0.1) is 18.8 Å². The van der Waals surface area contributed by atoms with Gasteiger partial charge in [0.05, 0.1) is 10.9 Å². The Labute approximate surface area is 192 Å². The number of nitrogen functional groups attached to an aromatic ring is 1. The molecule has 3 aromatic heterocycles. The summed E-state index contributed by atoms with van der Waals surface area (Å²) in [7, 11) is 0. The second-order valence-corrected chi connectivity index (χ2v) is 7.43. The molecular weight excluding hydrogens is 445 g/mol. The van der Waals surface area contributed by atoms with Crippen molar-refractivity contribution in [2.24, 2.45) is 0 Å². The first-order chi connectivity index (χ1) is 16.2. The highest BCUT2D eigenvalue weighted by molar-refractivity contribution is 6.04. The summed E-state index contributed by atoms with van der Waals surface area (Å²) in [5.74, 6) is 5.66. The van der Waals surface area contributed by atoms with Crippen molar-refractivity contribution in [2.75, 3.05) is 11.1 Å². The first kappa shape index (κ1) is 22.8. The van der Waals surface area contributed by atoms with E-state index >= 15 is 0 Å². The van der Waals surface area contributed by atoms with E-state index in [4.69, 9.17) is 5.73 Å². The monoisotopic (exact) mass is 464 g/mol. The van der Waals surface area contributed by atoms with Crippen LogP contribution in [0.5, 0.6) is 0 Å². The standard InChI is InChI=1S/C24H19F3N6O/c1-3-33-12-17(20-21(28)29-13-30-22(20)33)10-9-15-11-16(8-7-14(15)2)23(34)32-19-6-4-5-18(31-19)24(25,26)27/h4-8,11-13H,3H2,1-2H3,(H2,28,29,30)(H,31,32,34).